The van der Waals surface area contributed by atoms with E-state index in [9.17, 15) is 78.0 Å². The van der Waals surface area contributed by atoms with Crippen molar-refractivity contribution in [2.45, 2.75) is 168 Å². The van der Waals surface area contributed by atoms with E-state index in [-0.39, 0.29) is 31.8 Å². The van der Waals surface area contributed by atoms with Crippen molar-refractivity contribution in [3.8, 4) is 0 Å². The summed E-state index contributed by atoms with van der Waals surface area (Å²) in [5, 5.41) is 53.3. The molecule has 0 radical (unpaired) electrons. The molecule has 1 rings (SSSR count). The number of hydrazine groups is 1. The standard InChI is InChI=1S/C42H69N9O16/c1-9-11-14-29(54)51(17-10-2)49-39(64)28-13-12-18-50(28)42(67)34(22(5)6)47-40(65)33(21(3)4)46-38(63)27(20-32(59)60)45-36(61)25(15-16-30(55)56)44-41(66)35(23(7)52)48-37(62)26(19-31(57)58)43-24(8)53/h21-23,25-28,33-35,52H,9-20H2,1-8H3,(H,43,53)(H,44,66)(H,45,61)(H,46,63)(H,47,65)(H,48,62)(H,49,64)(H,55,56)(H,57,58)(H,59,60)/t23-,25+,26+,27+,28-,33+,34+,35+/m1/s1. The van der Waals surface area contributed by atoms with Crippen LogP contribution in [-0.4, -0.2) is 163 Å². The van der Waals surface area contributed by atoms with Gasteiger partial charge in [-0.2, -0.15) is 0 Å². The molecular weight excluding hydrogens is 887 g/mol. The summed E-state index contributed by atoms with van der Waals surface area (Å²) in [7, 11) is 0. The minimum Gasteiger partial charge on any atom is -0.481 e. The first kappa shape index (κ1) is 58.6. The lowest BCUT2D eigenvalue weighted by atomic mass is 9.98. The van der Waals surface area contributed by atoms with Crippen LogP contribution in [0.15, 0.2) is 0 Å². The topological polar surface area (TPSA) is 376 Å². The lowest BCUT2D eigenvalue weighted by molar-refractivity contribution is -0.148. The molecule has 1 saturated heterocycles. The Morgan fingerprint density at radius 3 is 1.58 bits per heavy atom. The molecule has 378 valence electrons. The summed E-state index contributed by atoms with van der Waals surface area (Å²) >= 11 is 0. The van der Waals surface area contributed by atoms with Gasteiger partial charge in [0.05, 0.1) is 18.9 Å². The molecule has 0 aromatic rings. The van der Waals surface area contributed by atoms with Crippen LogP contribution in [0.5, 0.6) is 0 Å². The molecule has 1 aliphatic rings. The number of carbonyl (C=O) groups is 12. The SMILES string of the molecule is CCCCC(=O)N(CCC)NC(=O)[C@H]1CCCN1C(=O)[C@@H](NC(=O)[C@@H](NC(=O)[C@H](CC(=O)O)NC(=O)[C@H](CCC(=O)O)NC(=O)[C@@H](NC(=O)[C@H](CC(=O)O)NC(C)=O)[C@@H](C)O)C(C)C)C(C)C. The van der Waals surface area contributed by atoms with Crippen LogP contribution in [0.4, 0.5) is 0 Å². The maximum Gasteiger partial charge on any atom is 0.305 e. The normalized spacial score (nSPS) is 16.5. The maximum absolute atomic E-state index is 14.1. The van der Waals surface area contributed by atoms with Gasteiger partial charge in [-0.3, -0.25) is 68.0 Å². The Kier molecular flexibility index (Phi) is 25.0. The zero-order valence-electron chi connectivity index (χ0n) is 39.3. The van der Waals surface area contributed by atoms with Gasteiger partial charge < -0.3 is 57.2 Å². The first-order chi connectivity index (χ1) is 31.2. The summed E-state index contributed by atoms with van der Waals surface area (Å²) < 4.78 is 0. The van der Waals surface area contributed by atoms with Crippen LogP contribution in [0.2, 0.25) is 0 Å². The van der Waals surface area contributed by atoms with Gasteiger partial charge in [0.25, 0.3) is 5.91 Å². The highest BCUT2D eigenvalue weighted by atomic mass is 16.4. The summed E-state index contributed by atoms with van der Waals surface area (Å²) in [5.74, 6) is -14.0. The molecule has 9 amide bonds. The van der Waals surface area contributed by atoms with Crippen molar-refractivity contribution in [1.82, 2.24) is 47.2 Å². The Balaban J connectivity index is 3.35. The highest BCUT2D eigenvalue weighted by Gasteiger charge is 2.41. The van der Waals surface area contributed by atoms with E-state index in [1.165, 1.54) is 23.8 Å². The predicted molar refractivity (Wildman–Crippen MR) is 234 cm³/mol. The second-order valence-corrected chi connectivity index (χ2v) is 17.0. The monoisotopic (exact) mass is 955 g/mol. The number of amides is 9. The molecule has 0 bridgehead atoms. The van der Waals surface area contributed by atoms with Crippen molar-refractivity contribution >= 4 is 71.1 Å². The Morgan fingerprint density at radius 2 is 1.10 bits per heavy atom. The number of aliphatic carboxylic acids is 3. The fourth-order valence-electron chi connectivity index (χ4n) is 6.91. The van der Waals surface area contributed by atoms with Crippen LogP contribution in [0, 0.1) is 11.8 Å². The molecule has 25 heteroatoms. The molecule has 0 unspecified atom stereocenters. The van der Waals surface area contributed by atoms with Crippen LogP contribution in [0.3, 0.4) is 0 Å². The zero-order valence-corrected chi connectivity index (χ0v) is 39.3. The van der Waals surface area contributed by atoms with Gasteiger partial charge in [-0.05, 0) is 50.9 Å². The number of carboxylic acid groups (broad SMARTS) is 3. The lowest BCUT2D eigenvalue weighted by Gasteiger charge is -2.33. The summed E-state index contributed by atoms with van der Waals surface area (Å²) in [6, 6.07) is -11.1. The highest BCUT2D eigenvalue weighted by molar-refractivity contribution is 5.99. The molecule has 8 atom stereocenters. The van der Waals surface area contributed by atoms with E-state index < -0.39 is 151 Å². The van der Waals surface area contributed by atoms with Crippen molar-refractivity contribution in [2.75, 3.05) is 13.1 Å². The van der Waals surface area contributed by atoms with Crippen molar-refractivity contribution in [2.24, 2.45) is 11.8 Å². The second kappa shape index (κ2) is 28.6. The summed E-state index contributed by atoms with van der Waals surface area (Å²) in [5.41, 5.74) is 2.66. The number of hydrogen-bond donors (Lipinski definition) is 11. The van der Waals surface area contributed by atoms with Crippen molar-refractivity contribution in [1.29, 1.82) is 0 Å². The minimum absolute atomic E-state index is 0.169. The van der Waals surface area contributed by atoms with Gasteiger partial charge >= 0.3 is 17.9 Å². The van der Waals surface area contributed by atoms with Crippen LogP contribution in [0.1, 0.15) is 120 Å². The van der Waals surface area contributed by atoms with Gasteiger partial charge in [0, 0.05) is 32.9 Å². The predicted octanol–water partition coefficient (Wildman–Crippen LogP) is -2.13. The van der Waals surface area contributed by atoms with Gasteiger partial charge in [-0.1, -0.05) is 48.0 Å². The molecule has 0 saturated carbocycles. The Morgan fingerprint density at radius 1 is 0.612 bits per heavy atom. The first-order valence-electron chi connectivity index (χ1n) is 22.3. The quantitative estimate of drug-likeness (QED) is 0.0373. The van der Waals surface area contributed by atoms with E-state index in [2.05, 4.69) is 37.3 Å². The number of carbonyl (C=O) groups excluding carboxylic acids is 9. The number of aliphatic hydroxyl groups excluding tert-OH is 1. The summed E-state index contributed by atoms with van der Waals surface area (Å²) in [6.07, 6.45) is -2.25. The van der Waals surface area contributed by atoms with Crippen molar-refractivity contribution in [3.05, 3.63) is 0 Å². The largest absolute Gasteiger partial charge is 0.481 e. The van der Waals surface area contributed by atoms with E-state index in [0.29, 0.717) is 19.3 Å². The maximum atomic E-state index is 14.1. The van der Waals surface area contributed by atoms with Crippen LogP contribution >= 0.6 is 0 Å². The smallest absolute Gasteiger partial charge is 0.305 e. The van der Waals surface area contributed by atoms with Crippen LogP contribution in [-0.2, 0) is 57.5 Å². The number of nitrogens with one attached hydrogen (secondary N) is 7. The van der Waals surface area contributed by atoms with Gasteiger partial charge in [0.1, 0.15) is 42.3 Å². The zero-order chi connectivity index (χ0) is 51.3. The van der Waals surface area contributed by atoms with Crippen molar-refractivity contribution < 1.29 is 78.0 Å². The molecule has 1 fully saturated rings. The molecular formula is C42H69N9O16. The molecule has 25 nitrogen and oxygen atoms in total. The van der Waals surface area contributed by atoms with Gasteiger partial charge in [-0.15, -0.1) is 0 Å². The molecule has 1 aliphatic heterocycles. The number of likely N-dealkylation sites (tertiary alicyclic amines) is 1. The Hall–Kier alpha value is -6.40. The molecule has 0 spiro atoms. The lowest BCUT2D eigenvalue weighted by Crippen LogP contribution is -2.62. The molecule has 0 aromatic carbocycles. The molecule has 0 aromatic heterocycles. The second-order valence-electron chi connectivity index (χ2n) is 17.0. The average Bonchev–Trinajstić information content (AvgIpc) is 3.72. The van der Waals surface area contributed by atoms with Crippen molar-refractivity contribution in [3.63, 3.8) is 0 Å². The first-order valence-corrected chi connectivity index (χ1v) is 22.3. The number of carboxylic acids is 3. The van der Waals surface area contributed by atoms with Crippen LogP contribution < -0.4 is 37.3 Å². The van der Waals surface area contributed by atoms with Gasteiger partial charge in [-0.25, -0.2) is 0 Å². The Labute approximate surface area is 388 Å². The third-order valence-electron chi connectivity index (χ3n) is 10.5. The highest BCUT2D eigenvalue weighted by Crippen LogP contribution is 2.21. The van der Waals surface area contributed by atoms with Gasteiger partial charge in [0.2, 0.25) is 47.3 Å². The number of unbranched alkanes of at least 4 members (excludes halogenated alkanes) is 1. The average molecular weight is 956 g/mol. The number of rotatable bonds is 28. The number of aliphatic hydroxyl groups is 1. The van der Waals surface area contributed by atoms with E-state index in [1.807, 2.05) is 13.8 Å². The van der Waals surface area contributed by atoms with E-state index >= 15 is 0 Å². The van der Waals surface area contributed by atoms with E-state index in [0.717, 1.165) is 20.3 Å². The Bertz CT molecular complexity index is 1790. The fraction of sp³-hybridized carbons (Fsp3) is 0.714. The minimum atomic E-state index is -1.96. The fourth-order valence-corrected chi connectivity index (χ4v) is 6.91. The molecule has 0 aliphatic carbocycles. The number of nitrogens with zero attached hydrogens (tertiary/aromatic N) is 2. The summed E-state index contributed by atoms with van der Waals surface area (Å²) in [6.45, 7) is 12.6. The van der Waals surface area contributed by atoms with E-state index in [1.54, 1.807) is 13.8 Å². The van der Waals surface area contributed by atoms with Gasteiger partial charge in [0.15, 0.2) is 0 Å². The third kappa shape index (κ3) is 19.9. The molecule has 11 N–H and O–H groups in total. The summed E-state index contributed by atoms with van der Waals surface area (Å²) in [4.78, 5) is 156. The number of hydrogen-bond acceptors (Lipinski definition) is 13. The third-order valence-corrected chi connectivity index (χ3v) is 10.5. The van der Waals surface area contributed by atoms with E-state index in [4.69, 9.17) is 0 Å². The molecule has 67 heavy (non-hydrogen) atoms. The molecule has 1 heterocycles. The van der Waals surface area contributed by atoms with Crippen LogP contribution in [0.25, 0.3) is 0 Å².